The van der Waals surface area contributed by atoms with E-state index < -0.39 is 10.0 Å². The van der Waals surface area contributed by atoms with Gasteiger partial charge in [0.25, 0.3) is 5.91 Å². The van der Waals surface area contributed by atoms with Crippen LogP contribution in [0, 0.1) is 12.8 Å². The normalized spacial score (nSPS) is 20.0. The Morgan fingerprint density at radius 1 is 1.23 bits per heavy atom. The van der Waals surface area contributed by atoms with Crippen LogP contribution in [0.1, 0.15) is 53.7 Å². The molecule has 0 bridgehead atoms. The van der Waals surface area contributed by atoms with Crippen molar-refractivity contribution in [1.82, 2.24) is 15.1 Å². The second-order valence-corrected chi connectivity index (χ2v) is 11.7. The summed E-state index contributed by atoms with van der Waals surface area (Å²) < 4.78 is 34.6. The fourth-order valence-electron chi connectivity index (χ4n) is 4.78. The Kier molecular flexibility index (Phi) is 6.09. The van der Waals surface area contributed by atoms with Crippen molar-refractivity contribution in [2.45, 2.75) is 45.1 Å². The van der Waals surface area contributed by atoms with Gasteiger partial charge in [-0.3, -0.25) is 9.10 Å². The molecule has 3 aromatic rings. The molecule has 1 N–H and O–H groups in total. The van der Waals surface area contributed by atoms with E-state index in [-0.39, 0.29) is 17.9 Å². The summed E-state index contributed by atoms with van der Waals surface area (Å²) in [6.45, 7) is 5.10. The number of benzene rings is 2. The van der Waals surface area contributed by atoms with E-state index in [1.165, 1.54) is 10.6 Å². The summed E-state index contributed by atoms with van der Waals surface area (Å²) in [6, 6.07) is 11.7. The predicted octanol–water partition coefficient (Wildman–Crippen LogP) is 3.76. The van der Waals surface area contributed by atoms with Crippen LogP contribution in [0.2, 0.25) is 0 Å². The molecular formula is C26H32N4O4S. The van der Waals surface area contributed by atoms with Crippen molar-refractivity contribution in [3.8, 4) is 5.69 Å². The molecule has 5 rings (SSSR count). The molecule has 1 amide bonds. The van der Waals surface area contributed by atoms with E-state index in [0.717, 1.165) is 41.5 Å². The molecular weight excluding hydrogens is 464 g/mol. The number of anilines is 1. The van der Waals surface area contributed by atoms with Crippen LogP contribution in [0.4, 0.5) is 5.69 Å². The second-order valence-electron chi connectivity index (χ2n) is 9.80. The lowest BCUT2D eigenvalue weighted by Crippen LogP contribution is -2.41. The van der Waals surface area contributed by atoms with E-state index in [1.807, 2.05) is 50.2 Å². The summed E-state index contributed by atoms with van der Waals surface area (Å²) in [5.41, 5.74) is 4.57. The molecule has 1 aromatic heterocycles. The first-order valence-electron chi connectivity index (χ1n) is 12.1. The van der Waals surface area contributed by atoms with Gasteiger partial charge in [-0.1, -0.05) is 17.7 Å². The Hall–Kier alpha value is -2.91. The number of aryl methyl sites for hydroxylation is 1. The van der Waals surface area contributed by atoms with Gasteiger partial charge in [-0.25, -0.2) is 13.1 Å². The van der Waals surface area contributed by atoms with E-state index in [0.29, 0.717) is 36.0 Å². The summed E-state index contributed by atoms with van der Waals surface area (Å²) in [5, 5.41) is 8.24. The van der Waals surface area contributed by atoms with Crippen molar-refractivity contribution >= 4 is 32.5 Å². The van der Waals surface area contributed by atoms with Crippen LogP contribution in [0.15, 0.2) is 36.4 Å². The molecule has 1 aliphatic heterocycles. The lowest BCUT2D eigenvalue weighted by Gasteiger charge is -2.36. The number of fused-ring (bicyclic) bond motifs is 1. The van der Waals surface area contributed by atoms with Crippen molar-refractivity contribution in [2.24, 2.45) is 5.92 Å². The number of aromatic nitrogens is 2. The van der Waals surface area contributed by atoms with Gasteiger partial charge >= 0.3 is 0 Å². The molecule has 8 nitrogen and oxygen atoms in total. The van der Waals surface area contributed by atoms with Gasteiger partial charge < -0.3 is 10.1 Å². The third-order valence-corrected chi connectivity index (χ3v) is 8.35. The molecule has 186 valence electrons. The predicted molar refractivity (Wildman–Crippen MR) is 137 cm³/mol. The van der Waals surface area contributed by atoms with Gasteiger partial charge in [-0.2, -0.15) is 5.10 Å². The molecule has 1 saturated heterocycles. The Labute approximate surface area is 206 Å². The van der Waals surface area contributed by atoms with Gasteiger partial charge in [0, 0.05) is 24.9 Å². The van der Waals surface area contributed by atoms with E-state index in [2.05, 4.69) is 5.32 Å². The van der Waals surface area contributed by atoms with Gasteiger partial charge in [0.05, 0.1) is 35.9 Å². The molecule has 1 saturated carbocycles. The fraction of sp³-hybridized carbons (Fsp3) is 0.462. The van der Waals surface area contributed by atoms with Crippen LogP contribution in [-0.2, 0) is 14.8 Å². The van der Waals surface area contributed by atoms with Crippen molar-refractivity contribution in [3.05, 3.63) is 53.2 Å². The lowest BCUT2D eigenvalue weighted by atomic mass is 9.95. The van der Waals surface area contributed by atoms with Gasteiger partial charge in [-0.15, -0.1) is 0 Å². The largest absolute Gasteiger partial charge is 0.378 e. The van der Waals surface area contributed by atoms with E-state index in [9.17, 15) is 13.2 Å². The summed E-state index contributed by atoms with van der Waals surface area (Å²) in [7, 11) is -1.91. The Balaban J connectivity index is 1.66. The number of ether oxygens (including phenoxy) is 1. The number of carbonyl (C=O) groups is 1. The van der Waals surface area contributed by atoms with Gasteiger partial charge in [0.2, 0.25) is 10.0 Å². The highest BCUT2D eigenvalue weighted by Crippen LogP contribution is 2.47. The van der Waals surface area contributed by atoms with Crippen LogP contribution in [0.3, 0.4) is 0 Å². The third kappa shape index (κ3) is 4.54. The van der Waals surface area contributed by atoms with Gasteiger partial charge in [0.1, 0.15) is 5.69 Å². The average Bonchev–Trinajstić information content (AvgIpc) is 3.59. The minimum Gasteiger partial charge on any atom is -0.378 e. The van der Waals surface area contributed by atoms with Crippen molar-refractivity contribution < 1.29 is 17.9 Å². The van der Waals surface area contributed by atoms with Crippen LogP contribution in [0.25, 0.3) is 16.6 Å². The number of rotatable bonds is 8. The van der Waals surface area contributed by atoms with Crippen LogP contribution >= 0.6 is 0 Å². The molecule has 1 aliphatic carbocycles. The first-order valence-corrected chi connectivity index (χ1v) is 14.0. The van der Waals surface area contributed by atoms with Crippen molar-refractivity contribution in [3.63, 3.8) is 0 Å². The van der Waals surface area contributed by atoms with E-state index in [1.54, 1.807) is 11.7 Å². The number of hydrogen-bond acceptors (Lipinski definition) is 5. The zero-order valence-electron chi connectivity index (χ0n) is 20.6. The van der Waals surface area contributed by atoms with Gasteiger partial charge in [-0.05, 0) is 68.9 Å². The lowest BCUT2D eigenvalue weighted by molar-refractivity contribution is -0.104. The smallest absolute Gasteiger partial charge is 0.270 e. The zero-order chi connectivity index (χ0) is 24.9. The molecule has 2 atom stereocenters. The average molecular weight is 497 g/mol. The van der Waals surface area contributed by atoms with Crippen LogP contribution in [-0.4, -0.2) is 56.7 Å². The molecule has 2 heterocycles. The maximum atomic E-state index is 13.0. The summed E-state index contributed by atoms with van der Waals surface area (Å²) >= 11 is 0. The molecule has 2 fully saturated rings. The number of amides is 1. The summed E-state index contributed by atoms with van der Waals surface area (Å²) in [5.74, 6) is 0.402. The van der Waals surface area contributed by atoms with Gasteiger partial charge in [0.15, 0.2) is 0 Å². The number of hydrogen-bond donors (Lipinski definition) is 1. The summed E-state index contributed by atoms with van der Waals surface area (Å²) in [6.07, 6.45) is 4.16. The highest BCUT2D eigenvalue weighted by Gasteiger charge is 2.34. The third-order valence-electron chi connectivity index (χ3n) is 7.17. The van der Waals surface area contributed by atoms with Crippen LogP contribution in [0.5, 0.6) is 0 Å². The molecule has 0 radical (unpaired) electrons. The highest BCUT2D eigenvalue weighted by atomic mass is 32.2. The maximum absolute atomic E-state index is 13.0. The zero-order valence-corrected chi connectivity index (χ0v) is 21.4. The highest BCUT2D eigenvalue weighted by molar-refractivity contribution is 7.92. The van der Waals surface area contributed by atoms with E-state index >= 15 is 0 Å². The number of carbonyl (C=O) groups excluding carboxylic acids is 1. The van der Waals surface area contributed by atoms with Crippen LogP contribution < -0.4 is 9.62 Å². The first kappa shape index (κ1) is 23.8. The first-order chi connectivity index (χ1) is 16.7. The maximum Gasteiger partial charge on any atom is 0.270 e. The molecule has 0 unspecified atom stereocenters. The standard InChI is InChI=1S/C26H32N4O4S/c1-16-5-9-20(10-6-16)30-25(26(31)27-3)22-13-21(18-7-8-18)24(14-23(22)28-30)29(35(4,32)33)12-11-19-15-34-17(19)2/h5-6,9-10,13-14,17-19H,7-8,11-12,15H2,1-4H3,(H,27,31)/t17-,19+/m1/s1. The van der Waals surface area contributed by atoms with Crippen molar-refractivity contribution in [1.29, 1.82) is 0 Å². The minimum atomic E-state index is -3.51. The number of nitrogens with zero attached hydrogens (tertiary/aromatic N) is 3. The van der Waals surface area contributed by atoms with Crippen molar-refractivity contribution in [2.75, 3.05) is 30.8 Å². The quantitative estimate of drug-likeness (QED) is 0.513. The van der Waals surface area contributed by atoms with E-state index in [4.69, 9.17) is 9.84 Å². The molecule has 2 aliphatic rings. The topological polar surface area (TPSA) is 93.5 Å². The SMILES string of the molecule is CNC(=O)c1c2cc(C3CC3)c(N(CC[C@H]3CO[C@@H]3C)S(C)(=O)=O)cc2nn1-c1ccc(C)cc1. The number of nitrogens with one attached hydrogen (secondary N) is 1. The Morgan fingerprint density at radius 2 is 1.94 bits per heavy atom. The molecule has 35 heavy (non-hydrogen) atoms. The monoisotopic (exact) mass is 496 g/mol. The molecule has 2 aromatic carbocycles. The minimum absolute atomic E-state index is 0.155. The summed E-state index contributed by atoms with van der Waals surface area (Å²) in [4.78, 5) is 13.0. The molecule has 9 heteroatoms. The number of sulfonamides is 1. The Bertz CT molecular complexity index is 1380. The fourth-order valence-corrected chi connectivity index (χ4v) is 5.73. The second kappa shape index (κ2) is 8.95. The Morgan fingerprint density at radius 3 is 2.49 bits per heavy atom. The molecule has 0 spiro atoms.